The lowest BCUT2D eigenvalue weighted by atomic mass is 10.3. The number of unbranched alkanes of at least 4 members (excludes halogenated alkanes) is 2. The van der Waals surface area contributed by atoms with Crippen LogP contribution in [0.1, 0.15) is 86.0 Å². The Balaban J connectivity index is 0.000000411. The Labute approximate surface area is 177 Å². The minimum absolute atomic E-state index is 0.235. The van der Waals surface area contributed by atoms with Crippen LogP contribution in [0, 0.1) is 0 Å². The third-order valence-electron chi connectivity index (χ3n) is 6.58. The molecule has 2 heterocycles. The molecular weight excluding hydrogens is 371 g/mol. The van der Waals surface area contributed by atoms with Crippen LogP contribution in [0.4, 0.5) is 0 Å². The van der Waals surface area contributed by atoms with E-state index in [4.69, 9.17) is 0 Å². The second kappa shape index (κ2) is 17.0. The molecule has 0 radical (unpaired) electrons. The fourth-order valence-electron chi connectivity index (χ4n) is 4.50. The highest BCUT2D eigenvalue weighted by Crippen LogP contribution is 2.20. The molecule has 2 aliphatic heterocycles. The zero-order valence-corrected chi connectivity index (χ0v) is 20.5. The van der Waals surface area contributed by atoms with Gasteiger partial charge < -0.3 is 23.3 Å². The van der Waals surface area contributed by atoms with Gasteiger partial charge in [0.2, 0.25) is 0 Å². The molecule has 0 bridgehead atoms. The van der Waals surface area contributed by atoms with E-state index in [9.17, 15) is 9.79 Å². The molecule has 2 saturated heterocycles. The van der Waals surface area contributed by atoms with Crippen molar-refractivity contribution in [3.8, 4) is 0 Å². The summed E-state index contributed by atoms with van der Waals surface area (Å²) in [6, 6.07) is 0. The average Bonchev–Trinajstić information content (AvgIpc) is 3.36. The normalized spacial score (nSPS) is 19.7. The second-order valence-electron chi connectivity index (χ2n) is 8.42. The Kier molecular flexibility index (Phi) is 17.1. The third-order valence-corrected chi connectivity index (χ3v) is 7.05. The van der Waals surface area contributed by atoms with Gasteiger partial charge in [-0.15, -0.1) is 0 Å². The Morgan fingerprint density at radius 1 is 0.679 bits per heavy atom. The van der Waals surface area contributed by atoms with Gasteiger partial charge in [-0.05, 0) is 33.6 Å². The van der Waals surface area contributed by atoms with E-state index in [1.54, 1.807) is 6.92 Å². The van der Waals surface area contributed by atoms with E-state index in [1.165, 1.54) is 113 Å². The smallest absolute Gasteiger partial charge is 0.0788 e. The molecule has 2 aliphatic rings. The highest BCUT2D eigenvalue weighted by molar-refractivity contribution is 7.36. The summed E-state index contributed by atoms with van der Waals surface area (Å²) in [5.74, 6) is 0. The van der Waals surface area contributed by atoms with Crippen molar-refractivity contribution in [3.05, 3.63) is 0 Å². The van der Waals surface area contributed by atoms with Gasteiger partial charge in [-0.2, -0.15) is 8.60 Å². The molecule has 0 unspecified atom stereocenters. The maximum Gasteiger partial charge on any atom is 0.0788 e. The molecule has 5 nitrogen and oxygen atoms in total. The van der Waals surface area contributed by atoms with Crippen LogP contribution in [0.2, 0.25) is 0 Å². The highest BCUT2D eigenvalue weighted by Gasteiger charge is 2.29. The molecule has 6 heteroatoms. The molecule has 0 spiro atoms. The van der Waals surface area contributed by atoms with Crippen LogP contribution < -0.4 is 9.79 Å². The molecule has 0 atom stereocenters. The van der Waals surface area contributed by atoms with Crippen molar-refractivity contribution in [2.45, 2.75) is 86.0 Å². The van der Waals surface area contributed by atoms with E-state index in [1.807, 2.05) is 0 Å². The lowest BCUT2D eigenvalue weighted by molar-refractivity contribution is -0.915. The van der Waals surface area contributed by atoms with E-state index in [0.29, 0.717) is 0 Å². The van der Waals surface area contributed by atoms with Gasteiger partial charge in [0, 0.05) is 32.3 Å². The lowest BCUT2D eigenvalue weighted by Gasteiger charge is -2.32. The zero-order valence-electron chi connectivity index (χ0n) is 19.6. The average molecular weight is 421 g/mol. The SMILES string of the molecule is CCCC[N+]1(CC)CCCC1.CCCC[N+]1(CC)CCCC1.CCOP([O-])[O-]. The predicted molar refractivity (Wildman–Crippen MR) is 118 cm³/mol. The van der Waals surface area contributed by atoms with E-state index in [-0.39, 0.29) is 6.61 Å². The van der Waals surface area contributed by atoms with Crippen LogP contribution in [0.15, 0.2) is 0 Å². The van der Waals surface area contributed by atoms with E-state index < -0.39 is 8.60 Å². The van der Waals surface area contributed by atoms with Crippen molar-refractivity contribution >= 4 is 8.60 Å². The molecule has 0 aliphatic carbocycles. The first-order valence-electron chi connectivity index (χ1n) is 11.9. The van der Waals surface area contributed by atoms with Gasteiger partial charge in [0.1, 0.15) is 0 Å². The maximum atomic E-state index is 9.41. The van der Waals surface area contributed by atoms with E-state index in [2.05, 4.69) is 32.2 Å². The van der Waals surface area contributed by atoms with Crippen molar-refractivity contribution in [3.63, 3.8) is 0 Å². The van der Waals surface area contributed by atoms with Gasteiger partial charge >= 0.3 is 0 Å². The minimum Gasteiger partial charge on any atom is -0.820 e. The monoisotopic (exact) mass is 420 g/mol. The van der Waals surface area contributed by atoms with Crippen LogP contribution in [-0.2, 0) is 4.52 Å². The summed E-state index contributed by atoms with van der Waals surface area (Å²) in [4.78, 5) is 18.8. The molecule has 0 saturated carbocycles. The van der Waals surface area contributed by atoms with Gasteiger partial charge in [-0.25, -0.2) is 0 Å². The summed E-state index contributed by atoms with van der Waals surface area (Å²) in [5, 5.41) is 0. The largest absolute Gasteiger partial charge is 0.820 e. The predicted octanol–water partition coefficient (Wildman–Crippen LogP) is 3.80. The number of rotatable bonds is 10. The highest BCUT2D eigenvalue weighted by atomic mass is 31.2. The number of hydrogen-bond acceptors (Lipinski definition) is 3. The van der Waals surface area contributed by atoms with Crippen molar-refractivity contribution in [2.75, 3.05) is 59.0 Å². The number of nitrogens with zero attached hydrogens (tertiary/aromatic N) is 2. The maximum absolute atomic E-state index is 9.41. The van der Waals surface area contributed by atoms with Crippen LogP contribution in [-0.4, -0.2) is 67.9 Å². The second-order valence-corrected chi connectivity index (χ2v) is 9.13. The third kappa shape index (κ3) is 12.0. The fourth-order valence-corrected chi connectivity index (χ4v) is 4.71. The summed E-state index contributed by atoms with van der Waals surface area (Å²) >= 11 is 0. The van der Waals surface area contributed by atoms with Gasteiger partial charge in [0.05, 0.1) is 52.4 Å². The van der Waals surface area contributed by atoms with Crippen LogP contribution in [0.5, 0.6) is 0 Å². The molecule has 28 heavy (non-hydrogen) atoms. The molecule has 0 amide bonds. The summed E-state index contributed by atoms with van der Waals surface area (Å²) in [7, 11) is -2.60. The lowest BCUT2D eigenvalue weighted by Crippen LogP contribution is -2.45. The number of likely N-dealkylation sites (tertiary alicyclic amines) is 2. The quantitative estimate of drug-likeness (QED) is 0.399. The fraction of sp³-hybridized carbons (Fsp3) is 1.00. The van der Waals surface area contributed by atoms with Crippen LogP contribution in [0.25, 0.3) is 0 Å². The molecule has 2 rings (SSSR count). The Bertz CT molecular complexity index is 317. The summed E-state index contributed by atoms with van der Waals surface area (Å²) in [6.07, 6.45) is 11.5. The molecule has 0 N–H and O–H groups in total. The van der Waals surface area contributed by atoms with Crippen molar-refractivity contribution in [2.24, 2.45) is 0 Å². The summed E-state index contributed by atoms with van der Waals surface area (Å²) in [5.41, 5.74) is 0. The van der Waals surface area contributed by atoms with E-state index >= 15 is 0 Å². The Morgan fingerprint density at radius 2 is 1.04 bits per heavy atom. The summed E-state index contributed by atoms with van der Waals surface area (Å²) in [6.45, 7) is 22.6. The molecule has 2 fully saturated rings. The first kappa shape index (κ1) is 28.2. The summed E-state index contributed by atoms with van der Waals surface area (Å²) < 4.78 is 6.84. The first-order valence-corrected chi connectivity index (χ1v) is 13.0. The minimum atomic E-state index is -2.60. The number of hydrogen-bond donors (Lipinski definition) is 0. The molecule has 0 aromatic carbocycles. The molecule has 170 valence electrons. The van der Waals surface area contributed by atoms with E-state index in [0.717, 1.165) is 0 Å². The standard InChI is InChI=1S/2C10H22N.C2H5O3P/c2*1-3-5-8-11(4-2)9-6-7-10-11;1-2-5-6(3)4/h2*3-10H2,1-2H3;2H2,1H3/q2*+1;-2. The Hall–Kier alpha value is 0.230. The number of quaternary nitrogens is 2. The molecule has 0 aromatic heterocycles. The Morgan fingerprint density at radius 3 is 1.21 bits per heavy atom. The van der Waals surface area contributed by atoms with Crippen LogP contribution in [0.3, 0.4) is 0 Å². The van der Waals surface area contributed by atoms with Crippen LogP contribution >= 0.6 is 8.60 Å². The molecule has 0 aromatic rings. The van der Waals surface area contributed by atoms with Gasteiger partial charge in [0.15, 0.2) is 0 Å². The zero-order chi connectivity index (χ0) is 21.3. The van der Waals surface area contributed by atoms with Gasteiger partial charge in [-0.3, -0.25) is 0 Å². The van der Waals surface area contributed by atoms with Gasteiger partial charge in [-0.1, -0.05) is 26.7 Å². The van der Waals surface area contributed by atoms with Crippen molar-refractivity contribution in [1.82, 2.24) is 0 Å². The molecular formula is C22H49N2O3P. The first-order chi connectivity index (χ1) is 13.4. The van der Waals surface area contributed by atoms with Crippen molar-refractivity contribution in [1.29, 1.82) is 0 Å². The van der Waals surface area contributed by atoms with Crippen molar-refractivity contribution < 1.29 is 23.3 Å². The topological polar surface area (TPSA) is 55.3 Å². The van der Waals surface area contributed by atoms with Gasteiger partial charge in [0.25, 0.3) is 0 Å².